The lowest BCUT2D eigenvalue weighted by Gasteiger charge is -2.33. The fraction of sp³-hybridized carbons (Fsp3) is 0.571. The van der Waals surface area contributed by atoms with E-state index in [0.717, 1.165) is 24.1 Å². The molecular weight excluding hydrogens is 277 g/mol. The maximum Gasteiger partial charge on any atom is 0.258 e. The molecule has 1 atom stereocenters. The van der Waals surface area contributed by atoms with E-state index in [1.165, 1.54) is 6.07 Å². The topological polar surface area (TPSA) is 45.2 Å². The number of hydrogen-bond acceptors (Lipinski definition) is 4. The van der Waals surface area contributed by atoms with Gasteiger partial charge in [-0.2, -0.15) is 11.8 Å². The van der Waals surface area contributed by atoms with Crippen LogP contribution in [0.3, 0.4) is 0 Å². The van der Waals surface area contributed by atoms with Crippen LogP contribution in [-0.4, -0.2) is 46.4 Å². The Kier molecular flexibility index (Phi) is 5.23. The standard InChI is InChI=1S/C14H20FN3OS/c1-3-4-16-13-12(7-11(15)8-17-13)14(19)18-5-6-20-9-10(18)2/h7-8,10H,3-6,9H2,1-2H3,(H,16,17). The van der Waals surface area contributed by atoms with E-state index in [2.05, 4.69) is 10.3 Å². The van der Waals surface area contributed by atoms with Crippen molar-refractivity contribution in [3.63, 3.8) is 0 Å². The van der Waals surface area contributed by atoms with Gasteiger partial charge in [-0.25, -0.2) is 9.37 Å². The van der Waals surface area contributed by atoms with Crippen LogP contribution in [0.15, 0.2) is 12.3 Å². The molecule has 0 saturated carbocycles. The summed E-state index contributed by atoms with van der Waals surface area (Å²) < 4.78 is 13.4. The zero-order valence-electron chi connectivity index (χ0n) is 11.9. The molecule has 0 aliphatic carbocycles. The van der Waals surface area contributed by atoms with Crippen LogP contribution < -0.4 is 5.32 Å². The van der Waals surface area contributed by atoms with E-state index in [-0.39, 0.29) is 11.9 Å². The predicted octanol–water partition coefficient (Wildman–Crippen LogP) is 2.62. The number of pyridine rings is 1. The third-order valence-electron chi connectivity index (χ3n) is 3.26. The number of carbonyl (C=O) groups is 1. The minimum atomic E-state index is -0.477. The fourth-order valence-electron chi connectivity index (χ4n) is 2.17. The Labute approximate surface area is 123 Å². The Morgan fingerprint density at radius 1 is 1.65 bits per heavy atom. The highest BCUT2D eigenvalue weighted by molar-refractivity contribution is 7.99. The second-order valence-corrected chi connectivity index (χ2v) is 6.05. The summed E-state index contributed by atoms with van der Waals surface area (Å²) in [5.41, 5.74) is 0.331. The molecule has 0 spiro atoms. The summed E-state index contributed by atoms with van der Waals surface area (Å²) >= 11 is 1.84. The SMILES string of the molecule is CCCNc1ncc(F)cc1C(=O)N1CCSCC1C. The zero-order chi connectivity index (χ0) is 14.5. The summed E-state index contributed by atoms with van der Waals surface area (Å²) in [6.45, 7) is 5.47. The first-order chi connectivity index (χ1) is 9.63. The Morgan fingerprint density at radius 2 is 2.45 bits per heavy atom. The second kappa shape index (κ2) is 6.92. The van der Waals surface area contributed by atoms with Crippen LogP contribution in [-0.2, 0) is 0 Å². The largest absolute Gasteiger partial charge is 0.369 e. The van der Waals surface area contributed by atoms with E-state index >= 15 is 0 Å². The molecule has 2 rings (SSSR count). The Morgan fingerprint density at radius 3 is 3.15 bits per heavy atom. The van der Waals surface area contributed by atoms with Crippen LogP contribution in [0.1, 0.15) is 30.6 Å². The molecule has 0 aromatic carbocycles. The van der Waals surface area contributed by atoms with Gasteiger partial charge in [-0.15, -0.1) is 0 Å². The van der Waals surface area contributed by atoms with E-state index in [1.807, 2.05) is 30.5 Å². The van der Waals surface area contributed by atoms with Crippen LogP contribution in [0.4, 0.5) is 10.2 Å². The van der Waals surface area contributed by atoms with Crippen molar-refractivity contribution in [3.8, 4) is 0 Å². The molecule has 1 amide bonds. The van der Waals surface area contributed by atoms with Crippen molar-refractivity contribution in [1.82, 2.24) is 9.88 Å². The number of rotatable bonds is 4. The third-order valence-corrected chi connectivity index (χ3v) is 4.45. The number of nitrogens with one attached hydrogen (secondary N) is 1. The first kappa shape index (κ1) is 15.1. The lowest BCUT2D eigenvalue weighted by molar-refractivity contribution is 0.0716. The highest BCUT2D eigenvalue weighted by atomic mass is 32.2. The van der Waals surface area contributed by atoms with Crippen molar-refractivity contribution in [2.75, 3.05) is 29.9 Å². The lowest BCUT2D eigenvalue weighted by Crippen LogP contribution is -2.44. The average molecular weight is 297 g/mol. The maximum absolute atomic E-state index is 13.4. The van der Waals surface area contributed by atoms with Gasteiger partial charge in [0.15, 0.2) is 0 Å². The quantitative estimate of drug-likeness (QED) is 0.928. The Balaban J connectivity index is 2.24. The van der Waals surface area contributed by atoms with E-state index < -0.39 is 5.82 Å². The van der Waals surface area contributed by atoms with Gasteiger partial charge in [-0.05, 0) is 19.4 Å². The van der Waals surface area contributed by atoms with Gasteiger partial charge in [0.1, 0.15) is 11.6 Å². The van der Waals surface area contributed by atoms with E-state index in [4.69, 9.17) is 0 Å². The van der Waals surface area contributed by atoms with Crippen LogP contribution in [0.2, 0.25) is 0 Å². The third kappa shape index (κ3) is 3.42. The summed E-state index contributed by atoms with van der Waals surface area (Å²) in [4.78, 5) is 18.4. The van der Waals surface area contributed by atoms with Crippen molar-refractivity contribution in [2.45, 2.75) is 26.3 Å². The lowest BCUT2D eigenvalue weighted by atomic mass is 10.2. The van der Waals surface area contributed by atoms with E-state index in [0.29, 0.717) is 24.5 Å². The van der Waals surface area contributed by atoms with Gasteiger partial charge >= 0.3 is 0 Å². The minimum absolute atomic E-state index is 0.136. The zero-order valence-corrected chi connectivity index (χ0v) is 12.7. The summed E-state index contributed by atoms with van der Waals surface area (Å²) in [6, 6.07) is 1.45. The molecule has 1 aromatic rings. The number of anilines is 1. The maximum atomic E-state index is 13.4. The molecule has 0 bridgehead atoms. The molecule has 1 aromatic heterocycles. The van der Waals surface area contributed by atoms with Gasteiger partial charge in [-0.3, -0.25) is 4.79 Å². The number of nitrogens with zero attached hydrogens (tertiary/aromatic N) is 2. The molecule has 0 radical (unpaired) electrons. The van der Waals surface area contributed by atoms with Gasteiger partial charge in [0.25, 0.3) is 5.91 Å². The smallest absolute Gasteiger partial charge is 0.258 e. The molecule has 1 unspecified atom stereocenters. The Hall–Kier alpha value is -1.30. The first-order valence-corrected chi connectivity index (χ1v) is 8.07. The first-order valence-electron chi connectivity index (χ1n) is 6.91. The van der Waals surface area contributed by atoms with Gasteiger partial charge in [0.2, 0.25) is 0 Å². The highest BCUT2D eigenvalue weighted by Gasteiger charge is 2.27. The van der Waals surface area contributed by atoms with Crippen LogP contribution >= 0.6 is 11.8 Å². The minimum Gasteiger partial charge on any atom is -0.369 e. The summed E-state index contributed by atoms with van der Waals surface area (Å²) in [7, 11) is 0. The number of halogens is 1. The molecular formula is C14H20FN3OS. The monoisotopic (exact) mass is 297 g/mol. The van der Waals surface area contributed by atoms with Crippen LogP contribution in [0.25, 0.3) is 0 Å². The molecule has 1 aliphatic heterocycles. The summed E-state index contributed by atoms with van der Waals surface area (Å²) in [6.07, 6.45) is 2.06. The van der Waals surface area contributed by atoms with Crippen molar-refractivity contribution in [3.05, 3.63) is 23.6 Å². The fourth-order valence-corrected chi connectivity index (χ4v) is 3.18. The molecule has 1 saturated heterocycles. The van der Waals surface area contributed by atoms with Gasteiger partial charge < -0.3 is 10.2 Å². The summed E-state index contributed by atoms with van der Waals surface area (Å²) in [5.74, 6) is 1.71. The van der Waals surface area contributed by atoms with Crippen molar-refractivity contribution in [1.29, 1.82) is 0 Å². The number of amides is 1. The molecule has 1 N–H and O–H groups in total. The normalized spacial score (nSPS) is 18.9. The molecule has 110 valence electrons. The van der Waals surface area contributed by atoms with Gasteiger partial charge in [-0.1, -0.05) is 6.92 Å². The average Bonchev–Trinajstić information content (AvgIpc) is 2.46. The number of hydrogen-bond donors (Lipinski definition) is 1. The molecule has 2 heterocycles. The van der Waals surface area contributed by atoms with Gasteiger partial charge in [0.05, 0.1) is 11.8 Å². The molecule has 1 fully saturated rings. The van der Waals surface area contributed by atoms with Crippen LogP contribution in [0.5, 0.6) is 0 Å². The van der Waals surface area contributed by atoms with Gasteiger partial charge in [0, 0.05) is 30.6 Å². The number of carbonyl (C=O) groups excluding carboxylic acids is 1. The van der Waals surface area contributed by atoms with Crippen molar-refractivity contribution >= 4 is 23.5 Å². The molecule has 4 nitrogen and oxygen atoms in total. The van der Waals surface area contributed by atoms with E-state index in [9.17, 15) is 9.18 Å². The number of aromatic nitrogens is 1. The second-order valence-electron chi connectivity index (χ2n) is 4.90. The van der Waals surface area contributed by atoms with Crippen LogP contribution in [0, 0.1) is 5.82 Å². The molecule has 1 aliphatic rings. The molecule has 6 heteroatoms. The predicted molar refractivity (Wildman–Crippen MR) is 80.8 cm³/mol. The summed E-state index contributed by atoms with van der Waals surface area (Å²) in [5, 5.41) is 3.09. The molecule has 20 heavy (non-hydrogen) atoms. The van der Waals surface area contributed by atoms with Crippen molar-refractivity contribution in [2.24, 2.45) is 0 Å². The van der Waals surface area contributed by atoms with E-state index in [1.54, 1.807) is 0 Å². The number of thioether (sulfide) groups is 1. The Bertz CT molecular complexity index is 483. The highest BCUT2D eigenvalue weighted by Crippen LogP contribution is 2.22. The van der Waals surface area contributed by atoms with Crippen molar-refractivity contribution < 1.29 is 9.18 Å².